The summed E-state index contributed by atoms with van der Waals surface area (Å²) in [7, 11) is 5.12. The number of para-hydroxylation sites is 1. The summed E-state index contributed by atoms with van der Waals surface area (Å²) in [4.78, 5) is 18.4. The molecule has 1 aliphatic heterocycles. The van der Waals surface area contributed by atoms with Crippen molar-refractivity contribution < 1.29 is 14.3 Å². The molecule has 1 atom stereocenters. The number of nitrogens with zero attached hydrogens (tertiary/aromatic N) is 2. The monoisotopic (exact) mass is 424 g/mol. The molecular weight excluding hydrogens is 392 g/mol. The molecule has 31 heavy (non-hydrogen) atoms. The van der Waals surface area contributed by atoms with Gasteiger partial charge in [-0.25, -0.2) is 4.99 Å². The maximum atomic E-state index is 12.1. The highest BCUT2D eigenvalue weighted by Crippen LogP contribution is 2.39. The van der Waals surface area contributed by atoms with Crippen LogP contribution in [-0.4, -0.2) is 50.1 Å². The van der Waals surface area contributed by atoms with Crippen molar-refractivity contribution >= 4 is 11.9 Å². The topological polar surface area (TPSA) is 75.2 Å². The van der Waals surface area contributed by atoms with Gasteiger partial charge < -0.3 is 25.0 Å². The van der Waals surface area contributed by atoms with Crippen LogP contribution >= 0.6 is 0 Å². The Morgan fingerprint density at radius 1 is 1.19 bits per heavy atom. The summed E-state index contributed by atoms with van der Waals surface area (Å²) in [5.41, 5.74) is 1.82. The third-order valence-corrected chi connectivity index (χ3v) is 5.17. The SMILES string of the molecule is COc1ccc(CN=C(NCC(=O)N(C)C)NC2CC(C)(C)Oc3ccccc32)cc1. The van der Waals surface area contributed by atoms with Crippen LogP contribution in [0.5, 0.6) is 11.5 Å². The number of fused-ring (bicyclic) bond motifs is 1. The number of likely N-dealkylation sites (N-methyl/N-ethyl adjacent to an activating group) is 1. The molecule has 1 heterocycles. The molecule has 0 aromatic heterocycles. The van der Waals surface area contributed by atoms with Crippen molar-refractivity contribution in [3.63, 3.8) is 0 Å². The molecule has 3 rings (SSSR count). The van der Waals surface area contributed by atoms with E-state index in [0.717, 1.165) is 29.0 Å². The van der Waals surface area contributed by atoms with Gasteiger partial charge in [0.2, 0.25) is 5.91 Å². The summed E-state index contributed by atoms with van der Waals surface area (Å²) < 4.78 is 11.4. The second-order valence-electron chi connectivity index (χ2n) is 8.46. The molecule has 2 aromatic carbocycles. The lowest BCUT2D eigenvalue weighted by molar-refractivity contribution is -0.127. The number of guanidine groups is 1. The number of nitrogens with one attached hydrogen (secondary N) is 2. The predicted molar refractivity (Wildman–Crippen MR) is 122 cm³/mol. The number of rotatable bonds is 6. The van der Waals surface area contributed by atoms with Gasteiger partial charge in [0, 0.05) is 26.1 Å². The molecule has 0 fully saturated rings. The molecule has 7 nitrogen and oxygen atoms in total. The van der Waals surface area contributed by atoms with E-state index < -0.39 is 0 Å². The van der Waals surface area contributed by atoms with E-state index in [2.05, 4.69) is 30.5 Å². The molecule has 2 N–H and O–H groups in total. The number of benzene rings is 2. The van der Waals surface area contributed by atoms with Gasteiger partial charge in [-0.3, -0.25) is 4.79 Å². The minimum Gasteiger partial charge on any atom is -0.497 e. The van der Waals surface area contributed by atoms with Crippen molar-refractivity contribution in [1.29, 1.82) is 0 Å². The number of hydrogen-bond donors (Lipinski definition) is 2. The molecule has 7 heteroatoms. The number of carbonyl (C=O) groups is 1. The van der Waals surface area contributed by atoms with Crippen LogP contribution in [0, 0.1) is 0 Å². The van der Waals surface area contributed by atoms with Crippen LogP contribution in [-0.2, 0) is 11.3 Å². The van der Waals surface area contributed by atoms with Crippen molar-refractivity contribution in [3.8, 4) is 11.5 Å². The lowest BCUT2D eigenvalue weighted by atomic mass is 9.90. The Morgan fingerprint density at radius 2 is 1.90 bits per heavy atom. The van der Waals surface area contributed by atoms with E-state index in [1.165, 1.54) is 0 Å². The molecule has 0 saturated heterocycles. The zero-order valence-corrected chi connectivity index (χ0v) is 18.9. The van der Waals surface area contributed by atoms with Crippen molar-refractivity contribution in [1.82, 2.24) is 15.5 Å². The average molecular weight is 425 g/mol. The van der Waals surface area contributed by atoms with Crippen LogP contribution in [0.4, 0.5) is 0 Å². The quantitative estimate of drug-likeness (QED) is 0.551. The number of hydrogen-bond acceptors (Lipinski definition) is 4. The van der Waals surface area contributed by atoms with Gasteiger partial charge >= 0.3 is 0 Å². The minimum atomic E-state index is -0.313. The fourth-order valence-corrected chi connectivity index (χ4v) is 3.47. The van der Waals surface area contributed by atoms with E-state index in [-0.39, 0.29) is 24.1 Å². The lowest BCUT2D eigenvalue weighted by Crippen LogP contribution is -2.47. The molecule has 1 aliphatic rings. The number of aliphatic imine (C=N–C) groups is 1. The van der Waals surface area contributed by atoms with E-state index in [1.54, 1.807) is 26.1 Å². The van der Waals surface area contributed by atoms with Crippen LogP contribution in [0.1, 0.15) is 37.4 Å². The minimum absolute atomic E-state index is 0.0107. The van der Waals surface area contributed by atoms with Gasteiger partial charge in [-0.05, 0) is 37.6 Å². The maximum absolute atomic E-state index is 12.1. The fourth-order valence-electron chi connectivity index (χ4n) is 3.47. The second-order valence-corrected chi connectivity index (χ2v) is 8.46. The summed E-state index contributed by atoms with van der Waals surface area (Å²) in [6, 6.07) is 15.8. The van der Waals surface area contributed by atoms with Crippen LogP contribution < -0.4 is 20.1 Å². The Bertz CT molecular complexity index is 923. The number of methoxy groups -OCH3 is 1. The first-order valence-electron chi connectivity index (χ1n) is 10.4. The molecule has 0 aliphatic carbocycles. The summed E-state index contributed by atoms with van der Waals surface area (Å²) in [5, 5.41) is 6.70. The molecule has 0 radical (unpaired) electrons. The van der Waals surface area contributed by atoms with E-state index in [0.29, 0.717) is 12.5 Å². The summed E-state index contributed by atoms with van der Waals surface area (Å²) in [6.07, 6.45) is 0.773. The Balaban J connectivity index is 1.80. The van der Waals surface area contributed by atoms with Gasteiger partial charge in [0.15, 0.2) is 5.96 Å². The molecule has 0 bridgehead atoms. The van der Waals surface area contributed by atoms with Gasteiger partial charge in [0.05, 0.1) is 26.2 Å². The fraction of sp³-hybridized carbons (Fsp3) is 0.417. The number of amides is 1. The smallest absolute Gasteiger partial charge is 0.241 e. The molecule has 166 valence electrons. The van der Waals surface area contributed by atoms with Gasteiger partial charge in [-0.1, -0.05) is 30.3 Å². The Hall–Kier alpha value is -3.22. The van der Waals surface area contributed by atoms with Crippen molar-refractivity contribution in [2.24, 2.45) is 4.99 Å². The standard InChI is InChI=1S/C24H32N4O3/c1-24(2)14-20(19-8-6-7-9-21(19)31-24)27-23(26-16-22(29)28(3)4)25-15-17-10-12-18(30-5)13-11-17/h6-13,20H,14-16H2,1-5H3,(H2,25,26,27). The van der Waals surface area contributed by atoms with Crippen LogP contribution in [0.2, 0.25) is 0 Å². The third kappa shape index (κ3) is 6.13. The van der Waals surface area contributed by atoms with E-state index in [9.17, 15) is 4.79 Å². The first-order chi connectivity index (χ1) is 14.8. The highest BCUT2D eigenvalue weighted by molar-refractivity contribution is 5.86. The molecule has 0 spiro atoms. The van der Waals surface area contributed by atoms with Gasteiger partial charge in [-0.15, -0.1) is 0 Å². The van der Waals surface area contributed by atoms with E-state index in [4.69, 9.17) is 14.5 Å². The first kappa shape index (κ1) is 22.5. The van der Waals surface area contributed by atoms with Gasteiger partial charge in [0.25, 0.3) is 0 Å². The molecule has 1 unspecified atom stereocenters. The molecule has 2 aromatic rings. The summed E-state index contributed by atoms with van der Waals surface area (Å²) in [5.74, 6) is 2.24. The average Bonchev–Trinajstić information content (AvgIpc) is 2.74. The highest BCUT2D eigenvalue weighted by atomic mass is 16.5. The maximum Gasteiger partial charge on any atom is 0.241 e. The highest BCUT2D eigenvalue weighted by Gasteiger charge is 2.34. The lowest BCUT2D eigenvalue weighted by Gasteiger charge is -2.38. The number of carbonyl (C=O) groups excluding carboxylic acids is 1. The Morgan fingerprint density at radius 3 is 2.58 bits per heavy atom. The van der Waals surface area contributed by atoms with Crippen molar-refractivity contribution in [2.75, 3.05) is 27.7 Å². The zero-order valence-electron chi connectivity index (χ0n) is 18.9. The van der Waals surface area contributed by atoms with Gasteiger partial charge in [-0.2, -0.15) is 0 Å². The largest absolute Gasteiger partial charge is 0.497 e. The van der Waals surface area contributed by atoms with Crippen LogP contribution in [0.15, 0.2) is 53.5 Å². The molecule has 0 saturated carbocycles. The van der Waals surface area contributed by atoms with Crippen molar-refractivity contribution in [2.45, 2.75) is 38.5 Å². The number of ether oxygens (including phenoxy) is 2. The molecule has 1 amide bonds. The van der Waals surface area contributed by atoms with E-state index in [1.807, 2.05) is 42.5 Å². The predicted octanol–water partition coefficient (Wildman–Crippen LogP) is 3.12. The summed E-state index contributed by atoms with van der Waals surface area (Å²) in [6.45, 7) is 4.79. The van der Waals surface area contributed by atoms with E-state index >= 15 is 0 Å². The Labute approximate surface area is 184 Å². The van der Waals surface area contributed by atoms with Crippen LogP contribution in [0.3, 0.4) is 0 Å². The van der Waals surface area contributed by atoms with Gasteiger partial charge in [0.1, 0.15) is 17.1 Å². The third-order valence-electron chi connectivity index (χ3n) is 5.17. The molecular formula is C24H32N4O3. The Kier molecular flexibility index (Phi) is 7.05. The zero-order chi connectivity index (χ0) is 22.4. The normalized spacial score (nSPS) is 17.2. The summed E-state index contributed by atoms with van der Waals surface area (Å²) >= 11 is 0. The second kappa shape index (κ2) is 9.73. The van der Waals surface area contributed by atoms with Crippen LogP contribution in [0.25, 0.3) is 0 Å². The first-order valence-corrected chi connectivity index (χ1v) is 10.4. The van der Waals surface area contributed by atoms with Crippen molar-refractivity contribution in [3.05, 3.63) is 59.7 Å².